The van der Waals surface area contributed by atoms with Crippen molar-refractivity contribution >= 4 is 11.7 Å². The molecule has 4 rings (SSSR count). The van der Waals surface area contributed by atoms with Gasteiger partial charge in [0.05, 0.1) is 32.3 Å². The van der Waals surface area contributed by atoms with E-state index >= 15 is 0 Å². The lowest BCUT2D eigenvalue weighted by molar-refractivity contribution is -0.122. The third-order valence-electron chi connectivity index (χ3n) is 5.87. The van der Waals surface area contributed by atoms with Gasteiger partial charge in [0, 0.05) is 30.8 Å². The van der Waals surface area contributed by atoms with Crippen molar-refractivity contribution in [3.05, 3.63) is 77.1 Å². The largest absolute Gasteiger partial charge is 0.500 e. The maximum atomic E-state index is 13.2. The summed E-state index contributed by atoms with van der Waals surface area (Å²) < 4.78 is 22.7. The van der Waals surface area contributed by atoms with Gasteiger partial charge < -0.3 is 23.8 Å². The molecule has 2 unspecified atom stereocenters. The Balaban J connectivity index is 1.64. The smallest absolute Gasteiger partial charge is 0.253 e. The van der Waals surface area contributed by atoms with Gasteiger partial charge in [0.25, 0.3) is 5.91 Å². The van der Waals surface area contributed by atoms with Crippen LogP contribution in [0.3, 0.4) is 0 Å². The van der Waals surface area contributed by atoms with Gasteiger partial charge in [0.2, 0.25) is 5.75 Å². The summed E-state index contributed by atoms with van der Waals surface area (Å²) in [4.78, 5) is 26.9. The highest BCUT2D eigenvalue weighted by Gasteiger charge is 2.37. The summed E-state index contributed by atoms with van der Waals surface area (Å²) in [5, 5.41) is 0. The number of carbonyl (C=O) groups excluding carboxylic acids is 2. The molecular weight excluding hydrogens is 422 g/mol. The quantitative estimate of drug-likeness (QED) is 0.641. The molecule has 0 aromatic heterocycles. The maximum absolute atomic E-state index is 13.2. The fourth-order valence-electron chi connectivity index (χ4n) is 4.06. The monoisotopic (exact) mass is 449 g/mol. The van der Waals surface area contributed by atoms with Gasteiger partial charge in [-0.2, -0.15) is 0 Å². The van der Waals surface area contributed by atoms with Crippen molar-refractivity contribution in [2.45, 2.75) is 12.5 Å². The van der Waals surface area contributed by atoms with Crippen LogP contribution in [-0.2, 0) is 16.1 Å². The number of allylic oxidation sites excluding steroid dienone is 2. The average molecular weight is 450 g/mol. The van der Waals surface area contributed by atoms with Gasteiger partial charge in [0.15, 0.2) is 17.3 Å². The Labute approximate surface area is 193 Å². The van der Waals surface area contributed by atoms with Crippen molar-refractivity contribution in [1.82, 2.24) is 4.90 Å². The van der Waals surface area contributed by atoms with Crippen LogP contribution in [0.15, 0.2) is 60.4 Å². The molecule has 0 saturated carbocycles. The standard InChI is InChI=1S/C26H27NO6/c1-27(2)26(29)17-7-5-16(6-8-17)13-33-24-20(11-12-22(30-3)25(24)31-4)19-10-9-18-14-32-15-21(18)23(19)28/h5-12,14,19,21H,13,15H2,1-4H3. The number of amides is 1. The lowest BCUT2D eigenvalue weighted by Crippen LogP contribution is -2.26. The summed E-state index contributed by atoms with van der Waals surface area (Å²) in [7, 11) is 6.53. The highest BCUT2D eigenvalue weighted by atomic mass is 16.5. The van der Waals surface area contributed by atoms with E-state index in [2.05, 4.69) is 0 Å². The van der Waals surface area contributed by atoms with Crippen LogP contribution in [0.1, 0.15) is 27.4 Å². The highest BCUT2D eigenvalue weighted by Crippen LogP contribution is 2.46. The van der Waals surface area contributed by atoms with Crippen LogP contribution >= 0.6 is 0 Å². The van der Waals surface area contributed by atoms with Crippen molar-refractivity contribution in [2.75, 3.05) is 34.9 Å². The number of benzene rings is 2. The van der Waals surface area contributed by atoms with Gasteiger partial charge in [-0.3, -0.25) is 9.59 Å². The number of rotatable bonds is 7. The van der Waals surface area contributed by atoms with Crippen LogP contribution in [0, 0.1) is 5.92 Å². The van der Waals surface area contributed by atoms with Crippen LogP contribution in [-0.4, -0.2) is 51.5 Å². The molecular formula is C26H27NO6. The number of ketones is 1. The molecule has 2 aromatic carbocycles. The van der Waals surface area contributed by atoms with Crippen molar-refractivity contribution in [3.63, 3.8) is 0 Å². The molecule has 0 saturated heterocycles. The highest BCUT2D eigenvalue weighted by molar-refractivity contribution is 5.95. The van der Waals surface area contributed by atoms with E-state index in [9.17, 15) is 9.59 Å². The minimum absolute atomic E-state index is 0.0601. The molecule has 0 N–H and O–H groups in total. The second-order valence-corrected chi connectivity index (χ2v) is 8.15. The minimum atomic E-state index is -0.483. The predicted octanol–water partition coefficient (Wildman–Crippen LogP) is 3.74. The van der Waals surface area contributed by atoms with E-state index in [1.807, 2.05) is 30.4 Å². The molecule has 33 heavy (non-hydrogen) atoms. The Morgan fingerprint density at radius 2 is 1.82 bits per heavy atom. The van der Waals surface area contributed by atoms with Crippen molar-refractivity contribution < 1.29 is 28.5 Å². The van der Waals surface area contributed by atoms with E-state index in [1.165, 1.54) is 4.90 Å². The molecule has 1 amide bonds. The first kappa shape index (κ1) is 22.5. The van der Waals surface area contributed by atoms with Crippen LogP contribution in [0.2, 0.25) is 0 Å². The van der Waals surface area contributed by atoms with Gasteiger partial charge in [-0.1, -0.05) is 30.4 Å². The van der Waals surface area contributed by atoms with Crippen LogP contribution in [0.4, 0.5) is 0 Å². The van der Waals surface area contributed by atoms with Crippen LogP contribution < -0.4 is 14.2 Å². The third-order valence-corrected chi connectivity index (χ3v) is 5.87. The van der Waals surface area contributed by atoms with Crippen molar-refractivity contribution in [3.8, 4) is 17.2 Å². The molecule has 1 aliphatic heterocycles. The van der Waals surface area contributed by atoms with Gasteiger partial charge in [-0.05, 0) is 23.8 Å². The van der Waals surface area contributed by atoms with Gasteiger partial charge >= 0.3 is 0 Å². The summed E-state index contributed by atoms with van der Waals surface area (Å²) >= 11 is 0. The predicted molar refractivity (Wildman–Crippen MR) is 123 cm³/mol. The Bertz CT molecular complexity index is 1120. The normalized spacial score (nSPS) is 18.8. The van der Waals surface area contributed by atoms with E-state index in [0.717, 1.165) is 11.1 Å². The van der Waals surface area contributed by atoms with Gasteiger partial charge in [0.1, 0.15) is 13.2 Å². The van der Waals surface area contributed by atoms with E-state index < -0.39 is 5.92 Å². The molecule has 7 nitrogen and oxygen atoms in total. The minimum Gasteiger partial charge on any atom is -0.500 e. The number of methoxy groups -OCH3 is 2. The summed E-state index contributed by atoms with van der Waals surface area (Å²) in [5.74, 6) is 0.641. The number of fused-ring (bicyclic) bond motifs is 1. The Morgan fingerprint density at radius 1 is 1.06 bits per heavy atom. The van der Waals surface area contributed by atoms with E-state index in [0.29, 0.717) is 35.0 Å². The van der Waals surface area contributed by atoms with E-state index in [4.69, 9.17) is 18.9 Å². The zero-order valence-electron chi connectivity index (χ0n) is 19.2. The molecule has 1 aliphatic carbocycles. The number of ether oxygens (including phenoxy) is 4. The van der Waals surface area contributed by atoms with E-state index in [-0.39, 0.29) is 24.2 Å². The van der Waals surface area contributed by atoms with Gasteiger partial charge in [-0.15, -0.1) is 0 Å². The summed E-state index contributed by atoms with van der Waals surface area (Å²) in [5.41, 5.74) is 3.08. The molecule has 2 aliphatic rings. The fourth-order valence-corrected chi connectivity index (χ4v) is 4.06. The second-order valence-electron chi connectivity index (χ2n) is 8.15. The second kappa shape index (κ2) is 9.40. The molecule has 2 aromatic rings. The Morgan fingerprint density at radius 3 is 2.48 bits per heavy atom. The average Bonchev–Trinajstić information content (AvgIpc) is 3.32. The summed E-state index contributed by atoms with van der Waals surface area (Å²) in [6.45, 7) is 0.589. The summed E-state index contributed by atoms with van der Waals surface area (Å²) in [6.07, 6.45) is 5.45. The zero-order chi connectivity index (χ0) is 23.5. The topological polar surface area (TPSA) is 74.3 Å². The maximum Gasteiger partial charge on any atom is 0.253 e. The molecule has 172 valence electrons. The first-order chi connectivity index (χ1) is 15.9. The lowest BCUT2D eigenvalue weighted by atomic mass is 9.79. The lowest BCUT2D eigenvalue weighted by Gasteiger charge is -2.25. The molecule has 0 fully saturated rings. The zero-order valence-corrected chi connectivity index (χ0v) is 19.2. The van der Waals surface area contributed by atoms with Crippen LogP contribution in [0.5, 0.6) is 17.2 Å². The number of Topliss-reactive ketones (excluding diaryl/α,β-unsaturated/α-hetero) is 1. The third kappa shape index (κ3) is 4.31. The first-order valence-corrected chi connectivity index (χ1v) is 10.7. The molecule has 0 radical (unpaired) electrons. The number of hydrogen-bond acceptors (Lipinski definition) is 6. The SMILES string of the molecule is COc1ccc(C2C=CC3=COCC3C2=O)c(OCc2ccc(C(=O)N(C)C)cc2)c1OC. The molecule has 0 bridgehead atoms. The fraction of sp³-hybridized carbons (Fsp3) is 0.308. The number of carbonyl (C=O) groups is 2. The molecule has 1 heterocycles. The Kier molecular flexibility index (Phi) is 6.40. The molecule has 2 atom stereocenters. The molecule has 0 spiro atoms. The number of hydrogen-bond donors (Lipinski definition) is 0. The van der Waals surface area contributed by atoms with Crippen LogP contribution in [0.25, 0.3) is 0 Å². The Hall–Kier alpha value is -3.74. The number of nitrogens with zero attached hydrogens (tertiary/aromatic N) is 1. The first-order valence-electron chi connectivity index (χ1n) is 10.7. The van der Waals surface area contributed by atoms with E-state index in [1.54, 1.807) is 52.8 Å². The summed E-state index contributed by atoms with van der Waals surface area (Å²) in [6, 6.07) is 10.9. The van der Waals surface area contributed by atoms with Crippen molar-refractivity contribution in [2.24, 2.45) is 5.92 Å². The van der Waals surface area contributed by atoms with Crippen molar-refractivity contribution in [1.29, 1.82) is 0 Å². The molecule has 7 heteroatoms. The van der Waals surface area contributed by atoms with Gasteiger partial charge in [-0.25, -0.2) is 0 Å².